The lowest BCUT2D eigenvalue weighted by molar-refractivity contribution is -0.118. The summed E-state index contributed by atoms with van der Waals surface area (Å²) in [5.41, 5.74) is 1.83. The summed E-state index contributed by atoms with van der Waals surface area (Å²) in [5, 5.41) is 6.36. The van der Waals surface area contributed by atoms with Gasteiger partial charge in [0.15, 0.2) is 23.0 Å². The highest BCUT2D eigenvalue weighted by Gasteiger charge is 2.27. The van der Waals surface area contributed by atoms with Crippen molar-refractivity contribution in [2.45, 2.75) is 69.9 Å². The summed E-state index contributed by atoms with van der Waals surface area (Å²) >= 11 is 0. The molecule has 216 valence electrons. The average Bonchev–Trinajstić information content (AvgIpc) is 3.66. The molecule has 2 N–H and O–H groups in total. The number of rotatable bonds is 8. The predicted molar refractivity (Wildman–Crippen MR) is 156 cm³/mol. The molecule has 0 spiro atoms. The monoisotopic (exact) mass is 558 g/mol. The van der Waals surface area contributed by atoms with Gasteiger partial charge in [-0.1, -0.05) is 12.1 Å². The molecule has 8 nitrogen and oxygen atoms in total. The quantitative estimate of drug-likeness (QED) is 0.409. The molecule has 2 aliphatic carbocycles. The molecule has 0 saturated heterocycles. The SMILES string of the molecule is O=C(/C=C\c1ccc2c(c1)OCO2)NC1CCC(CC2CCC(NC(=O)/C=C\c3ccc4c(c3)OCO4)CC2)CC1. The van der Waals surface area contributed by atoms with Gasteiger partial charge in [-0.05, 0) is 117 Å². The fourth-order valence-electron chi connectivity index (χ4n) is 6.43. The summed E-state index contributed by atoms with van der Waals surface area (Å²) in [6.07, 6.45) is 16.9. The van der Waals surface area contributed by atoms with E-state index in [-0.39, 0.29) is 37.5 Å². The van der Waals surface area contributed by atoms with E-state index in [9.17, 15) is 9.59 Å². The Morgan fingerprint density at radius 2 is 1.02 bits per heavy atom. The molecule has 2 amide bonds. The third-order valence-corrected chi connectivity index (χ3v) is 8.70. The first-order valence-corrected chi connectivity index (χ1v) is 14.8. The fourth-order valence-corrected chi connectivity index (χ4v) is 6.43. The Labute approximate surface area is 241 Å². The van der Waals surface area contributed by atoms with Crippen molar-refractivity contribution < 1.29 is 28.5 Å². The minimum absolute atomic E-state index is 0.0442. The number of hydrogen-bond acceptors (Lipinski definition) is 6. The first-order valence-electron chi connectivity index (χ1n) is 14.8. The van der Waals surface area contributed by atoms with Crippen LogP contribution in [0.15, 0.2) is 48.6 Å². The first kappa shape index (κ1) is 27.2. The first-order chi connectivity index (χ1) is 20.1. The van der Waals surface area contributed by atoms with Gasteiger partial charge in [0.2, 0.25) is 25.4 Å². The van der Waals surface area contributed by atoms with Crippen LogP contribution < -0.4 is 29.6 Å². The van der Waals surface area contributed by atoms with Gasteiger partial charge in [0.1, 0.15) is 0 Å². The van der Waals surface area contributed by atoms with Crippen molar-refractivity contribution >= 4 is 24.0 Å². The maximum absolute atomic E-state index is 12.5. The molecular weight excluding hydrogens is 520 g/mol. The summed E-state index contributed by atoms with van der Waals surface area (Å²) in [6, 6.07) is 11.8. The van der Waals surface area contributed by atoms with Crippen LogP contribution in [0, 0.1) is 11.8 Å². The Kier molecular flexibility index (Phi) is 8.44. The van der Waals surface area contributed by atoms with E-state index in [1.807, 2.05) is 48.6 Å². The molecule has 0 bridgehead atoms. The van der Waals surface area contributed by atoms with Crippen LogP contribution in [-0.4, -0.2) is 37.5 Å². The molecule has 2 aromatic carbocycles. The van der Waals surface area contributed by atoms with Crippen molar-refractivity contribution in [1.29, 1.82) is 0 Å². The molecule has 2 heterocycles. The molecule has 0 unspecified atom stereocenters. The van der Waals surface area contributed by atoms with Crippen LogP contribution in [0.3, 0.4) is 0 Å². The van der Waals surface area contributed by atoms with Crippen LogP contribution >= 0.6 is 0 Å². The van der Waals surface area contributed by atoms with Gasteiger partial charge in [-0.15, -0.1) is 0 Å². The lowest BCUT2D eigenvalue weighted by Gasteiger charge is -2.34. The third kappa shape index (κ3) is 7.23. The fraction of sp³-hybridized carbons (Fsp3) is 0.455. The van der Waals surface area contributed by atoms with Gasteiger partial charge >= 0.3 is 0 Å². The van der Waals surface area contributed by atoms with Crippen molar-refractivity contribution in [3.8, 4) is 23.0 Å². The van der Waals surface area contributed by atoms with Crippen LogP contribution in [0.4, 0.5) is 0 Å². The lowest BCUT2D eigenvalue weighted by Crippen LogP contribution is -2.38. The minimum atomic E-state index is -0.0442. The number of carbonyl (C=O) groups is 2. The predicted octanol–water partition coefficient (Wildman–Crippen LogP) is 5.61. The van der Waals surface area contributed by atoms with E-state index in [4.69, 9.17) is 18.9 Å². The van der Waals surface area contributed by atoms with Crippen molar-refractivity contribution in [3.05, 3.63) is 59.7 Å². The van der Waals surface area contributed by atoms with E-state index in [0.29, 0.717) is 0 Å². The van der Waals surface area contributed by atoms with Gasteiger partial charge in [-0.3, -0.25) is 9.59 Å². The highest BCUT2D eigenvalue weighted by molar-refractivity contribution is 5.92. The van der Waals surface area contributed by atoms with Gasteiger partial charge in [0.25, 0.3) is 0 Å². The van der Waals surface area contributed by atoms with E-state index in [2.05, 4.69) is 10.6 Å². The van der Waals surface area contributed by atoms with Crippen LogP contribution in [-0.2, 0) is 9.59 Å². The number of hydrogen-bond donors (Lipinski definition) is 2. The number of benzene rings is 2. The molecule has 41 heavy (non-hydrogen) atoms. The van der Waals surface area contributed by atoms with Gasteiger partial charge in [0, 0.05) is 24.2 Å². The van der Waals surface area contributed by atoms with Gasteiger partial charge in [-0.2, -0.15) is 0 Å². The van der Waals surface area contributed by atoms with E-state index in [1.54, 1.807) is 12.2 Å². The molecule has 6 rings (SSSR count). The maximum Gasteiger partial charge on any atom is 0.244 e. The van der Waals surface area contributed by atoms with E-state index in [1.165, 1.54) is 6.42 Å². The molecule has 2 aromatic rings. The lowest BCUT2D eigenvalue weighted by atomic mass is 9.75. The number of ether oxygens (including phenoxy) is 4. The number of amides is 2. The molecular formula is C33H38N2O6. The van der Waals surface area contributed by atoms with Crippen LogP contribution in [0.25, 0.3) is 12.2 Å². The molecule has 2 aliphatic heterocycles. The number of carbonyl (C=O) groups excluding carboxylic acids is 2. The summed E-state index contributed by atoms with van der Waals surface area (Å²) < 4.78 is 21.5. The molecule has 8 heteroatoms. The Morgan fingerprint density at radius 1 is 0.610 bits per heavy atom. The van der Waals surface area contributed by atoms with E-state index < -0.39 is 0 Å². The Bertz CT molecular complexity index is 1210. The van der Waals surface area contributed by atoms with Crippen LogP contribution in [0.5, 0.6) is 23.0 Å². The van der Waals surface area contributed by atoms with Gasteiger partial charge in [0.05, 0.1) is 0 Å². The Morgan fingerprint density at radius 3 is 1.46 bits per heavy atom. The molecule has 0 aromatic heterocycles. The van der Waals surface area contributed by atoms with Crippen LogP contribution in [0.2, 0.25) is 0 Å². The molecule has 2 fully saturated rings. The van der Waals surface area contributed by atoms with Gasteiger partial charge < -0.3 is 29.6 Å². The minimum Gasteiger partial charge on any atom is -0.454 e. The van der Waals surface area contributed by atoms with Crippen molar-refractivity contribution in [3.63, 3.8) is 0 Å². The average molecular weight is 559 g/mol. The van der Waals surface area contributed by atoms with Gasteiger partial charge in [-0.25, -0.2) is 0 Å². The third-order valence-electron chi connectivity index (χ3n) is 8.70. The zero-order valence-electron chi connectivity index (χ0n) is 23.3. The maximum atomic E-state index is 12.5. The molecule has 4 aliphatic rings. The van der Waals surface area contributed by atoms with Crippen molar-refractivity contribution in [1.82, 2.24) is 10.6 Å². The van der Waals surface area contributed by atoms with Crippen LogP contribution in [0.1, 0.15) is 68.9 Å². The molecule has 0 atom stereocenters. The standard InChI is InChI=1S/C33H38N2O6/c36-32(15-7-24-5-13-28-30(18-24)40-20-38-28)34-26-9-1-22(2-10-26)17-23-3-11-27(12-4-23)35-33(37)16-8-25-6-14-29-31(19-25)41-21-39-29/h5-8,13-16,18-19,22-23,26-27H,1-4,9-12,17,20-21H2,(H,34,36)(H,35,37)/b15-7-,16-8-. The second-order valence-electron chi connectivity index (χ2n) is 11.6. The van der Waals surface area contributed by atoms with E-state index in [0.717, 1.165) is 97.3 Å². The number of fused-ring (bicyclic) bond motifs is 2. The number of nitrogens with one attached hydrogen (secondary N) is 2. The normalized spacial score (nSPS) is 25.0. The summed E-state index contributed by atoms with van der Waals surface area (Å²) in [5.74, 6) is 4.29. The Hall–Kier alpha value is -3.94. The zero-order chi connectivity index (χ0) is 28.0. The largest absolute Gasteiger partial charge is 0.454 e. The topological polar surface area (TPSA) is 95.1 Å². The summed E-state index contributed by atoms with van der Waals surface area (Å²) in [4.78, 5) is 25.0. The highest BCUT2D eigenvalue weighted by Crippen LogP contribution is 2.36. The summed E-state index contributed by atoms with van der Waals surface area (Å²) in [7, 11) is 0. The van der Waals surface area contributed by atoms with E-state index >= 15 is 0 Å². The van der Waals surface area contributed by atoms with Crippen molar-refractivity contribution in [2.24, 2.45) is 11.8 Å². The molecule has 0 radical (unpaired) electrons. The highest BCUT2D eigenvalue weighted by atomic mass is 16.7. The summed E-state index contributed by atoms with van der Waals surface area (Å²) in [6.45, 7) is 0.488. The second kappa shape index (κ2) is 12.7. The smallest absolute Gasteiger partial charge is 0.244 e. The van der Waals surface area contributed by atoms with Crippen molar-refractivity contribution in [2.75, 3.05) is 13.6 Å². The molecule has 2 saturated carbocycles. The second-order valence-corrected chi connectivity index (χ2v) is 11.6. The Balaban J connectivity index is 0.865. The zero-order valence-corrected chi connectivity index (χ0v) is 23.3.